The van der Waals surface area contributed by atoms with Gasteiger partial charge in [-0.3, -0.25) is 0 Å². The van der Waals surface area contributed by atoms with Gasteiger partial charge in [-0.25, -0.2) is 4.98 Å². The van der Waals surface area contributed by atoms with E-state index >= 15 is 0 Å². The highest BCUT2D eigenvalue weighted by molar-refractivity contribution is 7.20. The van der Waals surface area contributed by atoms with Crippen molar-refractivity contribution in [2.75, 3.05) is 5.32 Å². The highest BCUT2D eigenvalue weighted by Crippen LogP contribution is 2.36. The Morgan fingerprint density at radius 1 is 1.20 bits per heavy atom. The fraction of sp³-hybridized carbons (Fsp3) is 0.214. The summed E-state index contributed by atoms with van der Waals surface area (Å²) >= 11 is 15.3. The van der Waals surface area contributed by atoms with Gasteiger partial charge in [-0.1, -0.05) is 23.2 Å². The average molecular weight is 343 g/mol. The number of thiazole rings is 1. The average Bonchev–Trinajstić information content (AvgIpc) is 2.90. The molecule has 20 heavy (non-hydrogen) atoms. The number of hydrogen-bond acceptors (Lipinski definition) is 4. The van der Waals surface area contributed by atoms with Crippen LogP contribution in [0.3, 0.4) is 0 Å². The number of rotatable bonds is 3. The number of anilines is 1. The molecule has 2 nitrogen and oxygen atoms in total. The van der Waals surface area contributed by atoms with Crippen molar-refractivity contribution in [1.29, 1.82) is 0 Å². The second-order valence-corrected chi connectivity index (χ2v) is 8.08. The van der Waals surface area contributed by atoms with Crippen molar-refractivity contribution in [2.45, 2.75) is 19.9 Å². The van der Waals surface area contributed by atoms with Crippen LogP contribution < -0.4 is 5.32 Å². The molecule has 1 unspecified atom stereocenters. The van der Waals surface area contributed by atoms with Crippen LogP contribution in [-0.4, -0.2) is 4.98 Å². The van der Waals surface area contributed by atoms with Gasteiger partial charge in [-0.2, -0.15) is 0 Å². The zero-order valence-corrected chi connectivity index (χ0v) is 14.1. The van der Waals surface area contributed by atoms with Gasteiger partial charge in [0, 0.05) is 11.3 Å². The van der Waals surface area contributed by atoms with Gasteiger partial charge >= 0.3 is 0 Å². The maximum absolute atomic E-state index is 6.19. The first-order valence-corrected chi connectivity index (χ1v) is 8.50. The number of hydrogen-bond donors (Lipinski definition) is 1. The first-order chi connectivity index (χ1) is 9.52. The summed E-state index contributed by atoms with van der Waals surface area (Å²) in [6.45, 7) is 4.10. The van der Waals surface area contributed by atoms with Crippen LogP contribution in [0.25, 0.3) is 10.2 Å². The zero-order chi connectivity index (χ0) is 14.3. The summed E-state index contributed by atoms with van der Waals surface area (Å²) in [5.41, 5.74) is 3.14. The van der Waals surface area contributed by atoms with E-state index in [1.807, 2.05) is 25.1 Å². The Bertz CT molecular complexity index is 764. The maximum Gasteiger partial charge on any atom is 0.0996 e. The van der Waals surface area contributed by atoms with Gasteiger partial charge in [0.05, 0.1) is 29.9 Å². The first-order valence-electron chi connectivity index (χ1n) is 6.11. The van der Waals surface area contributed by atoms with E-state index in [0.29, 0.717) is 4.34 Å². The van der Waals surface area contributed by atoms with Crippen LogP contribution in [0.2, 0.25) is 8.67 Å². The summed E-state index contributed by atoms with van der Waals surface area (Å²) in [7, 11) is 0. The topological polar surface area (TPSA) is 24.9 Å². The Kier molecular flexibility index (Phi) is 3.91. The largest absolute Gasteiger partial charge is 0.378 e. The lowest BCUT2D eigenvalue weighted by Gasteiger charge is -2.14. The Labute approximate surface area is 135 Å². The van der Waals surface area contributed by atoms with Gasteiger partial charge in [0.25, 0.3) is 0 Å². The molecule has 0 saturated heterocycles. The number of thiophene rings is 1. The molecule has 6 heteroatoms. The third-order valence-corrected chi connectivity index (χ3v) is 5.48. The predicted molar refractivity (Wildman–Crippen MR) is 90.7 cm³/mol. The molecule has 0 aliphatic carbocycles. The van der Waals surface area contributed by atoms with Crippen LogP contribution in [0.15, 0.2) is 24.3 Å². The molecule has 0 spiro atoms. The highest BCUT2D eigenvalue weighted by atomic mass is 35.5. The fourth-order valence-electron chi connectivity index (χ4n) is 2.11. The SMILES string of the molecule is Cc1nc2ccc(NC(C)c3cc(Cl)sc3Cl)cc2s1. The van der Waals surface area contributed by atoms with Gasteiger partial charge < -0.3 is 5.32 Å². The predicted octanol–water partition coefficient (Wildman–Crippen LogP) is 6.15. The molecular weight excluding hydrogens is 331 g/mol. The molecule has 0 aliphatic heterocycles. The smallest absolute Gasteiger partial charge is 0.0996 e. The van der Waals surface area contributed by atoms with Gasteiger partial charge in [-0.05, 0) is 38.1 Å². The Morgan fingerprint density at radius 3 is 2.70 bits per heavy atom. The lowest BCUT2D eigenvalue weighted by atomic mass is 10.1. The minimum atomic E-state index is 0.109. The van der Waals surface area contributed by atoms with E-state index in [2.05, 4.69) is 23.3 Å². The zero-order valence-electron chi connectivity index (χ0n) is 10.9. The lowest BCUT2D eigenvalue weighted by Crippen LogP contribution is -2.05. The molecule has 1 atom stereocenters. The normalized spacial score (nSPS) is 12.8. The monoisotopic (exact) mass is 342 g/mol. The van der Waals surface area contributed by atoms with E-state index in [0.717, 1.165) is 26.1 Å². The van der Waals surface area contributed by atoms with Crippen LogP contribution in [0, 0.1) is 6.92 Å². The van der Waals surface area contributed by atoms with E-state index in [-0.39, 0.29) is 6.04 Å². The molecule has 1 aromatic carbocycles. The molecule has 0 fully saturated rings. The van der Waals surface area contributed by atoms with Crippen molar-refractivity contribution in [1.82, 2.24) is 4.98 Å². The van der Waals surface area contributed by atoms with E-state index in [1.165, 1.54) is 16.0 Å². The summed E-state index contributed by atoms with van der Waals surface area (Å²) in [6.07, 6.45) is 0. The summed E-state index contributed by atoms with van der Waals surface area (Å²) in [6, 6.07) is 8.23. The van der Waals surface area contributed by atoms with Crippen LogP contribution in [0.4, 0.5) is 5.69 Å². The highest BCUT2D eigenvalue weighted by Gasteiger charge is 2.13. The number of aromatic nitrogens is 1. The third kappa shape index (κ3) is 2.79. The minimum Gasteiger partial charge on any atom is -0.378 e. The van der Waals surface area contributed by atoms with E-state index in [9.17, 15) is 0 Å². The Morgan fingerprint density at radius 2 is 2.00 bits per heavy atom. The quantitative estimate of drug-likeness (QED) is 0.617. The van der Waals surface area contributed by atoms with Crippen molar-refractivity contribution in [2.24, 2.45) is 0 Å². The molecule has 0 radical (unpaired) electrons. The molecule has 2 aromatic heterocycles. The van der Waals surface area contributed by atoms with E-state index in [4.69, 9.17) is 23.2 Å². The van der Waals surface area contributed by atoms with Gasteiger partial charge in [0.1, 0.15) is 0 Å². The second kappa shape index (κ2) is 5.53. The molecule has 1 N–H and O–H groups in total. The van der Waals surface area contributed by atoms with Gasteiger partial charge in [0.15, 0.2) is 0 Å². The molecule has 0 bridgehead atoms. The second-order valence-electron chi connectivity index (χ2n) is 4.56. The third-order valence-electron chi connectivity index (χ3n) is 3.03. The van der Waals surface area contributed by atoms with Crippen molar-refractivity contribution in [3.8, 4) is 0 Å². The lowest BCUT2D eigenvalue weighted by molar-refractivity contribution is 0.891. The van der Waals surface area contributed by atoms with Gasteiger partial charge in [-0.15, -0.1) is 22.7 Å². The van der Waals surface area contributed by atoms with Crippen LogP contribution in [0.1, 0.15) is 23.5 Å². The Balaban J connectivity index is 1.86. The number of nitrogens with one attached hydrogen (secondary N) is 1. The van der Waals surface area contributed by atoms with Crippen molar-refractivity contribution >= 4 is 61.8 Å². The van der Waals surface area contributed by atoms with Crippen LogP contribution in [-0.2, 0) is 0 Å². The van der Waals surface area contributed by atoms with Crippen molar-refractivity contribution < 1.29 is 0 Å². The summed E-state index contributed by atoms with van der Waals surface area (Å²) < 4.78 is 2.64. The standard InChI is InChI=1S/C14H12Cl2N2S2/c1-7(10-6-13(15)20-14(10)16)17-9-3-4-11-12(5-9)19-8(2)18-11/h3-7,17H,1-2H3. The number of fused-ring (bicyclic) bond motifs is 1. The van der Waals surface area contributed by atoms with Crippen molar-refractivity contribution in [3.63, 3.8) is 0 Å². The molecule has 104 valence electrons. The molecular formula is C14H12Cl2N2S2. The minimum absolute atomic E-state index is 0.109. The molecule has 0 amide bonds. The fourth-order valence-corrected chi connectivity index (χ4v) is 4.62. The van der Waals surface area contributed by atoms with E-state index in [1.54, 1.807) is 11.3 Å². The number of aryl methyl sites for hydroxylation is 1. The summed E-state index contributed by atoms with van der Waals surface area (Å²) in [5.74, 6) is 0. The summed E-state index contributed by atoms with van der Waals surface area (Å²) in [5, 5.41) is 4.54. The van der Waals surface area contributed by atoms with Gasteiger partial charge in [0.2, 0.25) is 0 Å². The van der Waals surface area contributed by atoms with Crippen LogP contribution >= 0.6 is 45.9 Å². The van der Waals surface area contributed by atoms with Crippen molar-refractivity contribution in [3.05, 3.63) is 43.5 Å². The number of nitrogens with zero attached hydrogens (tertiary/aromatic N) is 1. The molecule has 3 rings (SSSR count). The molecule has 0 aliphatic rings. The number of halogens is 2. The number of benzene rings is 1. The van der Waals surface area contributed by atoms with E-state index < -0.39 is 0 Å². The Hall–Kier alpha value is -0.810. The maximum atomic E-state index is 6.19. The molecule has 2 heterocycles. The van der Waals surface area contributed by atoms with Crippen LogP contribution in [0.5, 0.6) is 0 Å². The molecule has 0 saturated carbocycles. The molecule has 3 aromatic rings. The first kappa shape index (κ1) is 14.1. The summed E-state index contributed by atoms with van der Waals surface area (Å²) in [4.78, 5) is 4.46.